The highest BCUT2D eigenvalue weighted by molar-refractivity contribution is 8.13. The van der Waals surface area contributed by atoms with Crippen LogP contribution >= 0.6 is 23.1 Å². The Morgan fingerprint density at radius 3 is 2.79 bits per heavy atom. The molecule has 1 aliphatic carbocycles. The van der Waals surface area contributed by atoms with E-state index in [-0.39, 0.29) is 5.54 Å². The van der Waals surface area contributed by atoms with Gasteiger partial charge in [0.15, 0.2) is 5.17 Å². The highest BCUT2D eigenvalue weighted by Gasteiger charge is 2.43. The zero-order valence-corrected chi connectivity index (χ0v) is 16.6. The summed E-state index contributed by atoms with van der Waals surface area (Å²) in [6, 6.07) is 2.33. The first-order chi connectivity index (χ1) is 11.6. The minimum absolute atomic E-state index is 0.137. The normalized spacial score (nSPS) is 26.0. The molecule has 0 aromatic carbocycles. The molecule has 2 atom stereocenters. The molecular weight excluding hydrogens is 332 g/mol. The number of aryl methyl sites for hydroxylation is 1. The quantitative estimate of drug-likeness (QED) is 0.714. The van der Waals surface area contributed by atoms with E-state index in [2.05, 4.69) is 32.2 Å². The maximum Gasteiger partial charge on any atom is 0.154 e. The van der Waals surface area contributed by atoms with Gasteiger partial charge in [0.25, 0.3) is 0 Å². The van der Waals surface area contributed by atoms with Crippen LogP contribution < -0.4 is 5.73 Å². The van der Waals surface area contributed by atoms with Crippen LogP contribution in [-0.4, -0.2) is 10.9 Å². The fourth-order valence-corrected chi connectivity index (χ4v) is 5.73. The smallest absolute Gasteiger partial charge is 0.154 e. The van der Waals surface area contributed by atoms with Crippen molar-refractivity contribution in [1.82, 2.24) is 0 Å². The van der Waals surface area contributed by atoms with Gasteiger partial charge in [0.1, 0.15) is 0 Å². The summed E-state index contributed by atoms with van der Waals surface area (Å²) >= 11 is 3.58. The van der Waals surface area contributed by atoms with Gasteiger partial charge >= 0.3 is 0 Å². The first kappa shape index (κ1) is 19.1. The average molecular weight is 361 g/mol. The summed E-state index contributed by atoms with van der Waals surface area (Å²) in [6.45, 7) is 14.0. The number of nitrogens with two attached hydrogens (primary N) is 1. The summed E-state index contributed by atoms with van der Waals surface area (Å²) < 4.78 is 0. The Morgan fingerprint density at radius 2 is 2.17 bits per heavy atom. The SMILES string of the molecule is C=C/C=C(\C=C)C1Cc2sc(C)cc2C2(CCSC(N)=N2)C1.CC. The molecule has 24 heavy (non-hydrogen) atoms. The van der Waals surface area contributed by atoms with Gasteiger partial charge in [-0.2, -0.15) is 0 Å². The van der Waals surface area contributed by atoms with Gasteiger partial charge in [-0.1, -0.05) is 57.0 Å². The van der Waals surface area contributed by atoms with Crippen LogP contribution in [0.1, 0.15) is 42.0 Å². The van der Waals surface area contributed by atoms with Gasteiger partial charge in [0, 0.05) is 15.5 Å². The minimum atomic E-state index is -0.137. The van der Waals surface area contributed by atoms with E-state index in [4.69, 9.17) is 10.7 Å². The molecule has 1 aromatic heterocycles. The van der Waals surface area contributed by atoms with Crippen LogP contribution in [0.2, 0.25) is 0 Å². The fraction of sp³-hybridized carbons (Fsp3) is 0.450. The van der Waals surface area contributed by atoms with Crippen molar-refractivity contribution < 1.29 is 0 Å². The second-order valence-corrected chi connectivity index (χ2v) is 8.44. The molecule has 2 heterocycles. The average Bonchev–Trinajstić information content (AvgIpc) is 2.96. The lowest BCUT2D eigenvalue weighted by Gasteiger charge is -2.40. The van der Waals surface area contributed by atoms with E-state index in [9.17, 15) is 0 Å². The molecule has 2 aliphatic rings. The highest BCUT2D eigenvalue weighted by atomic mass is 32.2. The van der Waals surface area contributed by atoms with Gasteiger partial charge in [0.2, 0.25) is 0 Å². The number of amidine groups is 1. The van der Waals surface area contributed by atoms with Crippen LogP contribution in [0.15, 0.2) is 48.0 Å². The summed E-state index contributed by atoms with van der Waals surface area (Å²) in [4.78, 5) is 7.76. The van der Waals surface area contributed by atoms with Gasteiger partial charge in [-0.3, -0.25) is 4.99 Å². The summed E-state index contributed by atoms with van der Waals surface area (Å²) in [5.74, 6) is 1.49. The Hall–Kier alpha value is -1.26. The van der Waals surface area contributed by atoms with E-state index in [0.29, 0.717) is 5.92 Å². The number of allylic oxidation sites excluding steroid dienone is 4. The molecule has 0 saturated heterocycles. The number of thioether (sulfide) groups is 1. The molecule has 1 aliphatic heterocycles. The molecule has 3 rings (SSSR count). The van der Waals surface area contributed by atoms with E-state index in [0.717, 1.165) is 30.2 Å². The van der Waals surface area contributed by atoms with Gasteiger partial charge in [0.05, 0.1) is 5.54 Å². The second kappa shape index (κ2) is 8.21. The Morgan fingerprint density at radius 1 is 1.42 bits per heavy atom. The van der Waals surface area contributed by atoms with Crippen LogP contribution in [-0.2, 0) is 12.0 Å². The second-order valence-electron chi connectivity index (χ2n) is 5.99. The third-order valence-corrected chi connectivity index (χ3v) is 6.42. The molecule has 0 amide bonds. The van der Waals surface area contributed by atoms with Crippen LogP contribution in [0.4, 0.5) is 0 Å². The molecule has 130 valence electrons. The molecule has 2 nitrogen and oxygen atoms in total. The Balaban J connectivity index is 0.00000100. The zero-order valence-electron chi connectivity index (χ0n) is 15.0. The van der Waals surface area contributed by atoms with Crippen molar-refractivity contribution in [3.8, 4) is 0 Å². The lowest BCUT2D eigenvalue weighted by atomic mass is 9.71. The molecule has 4 heteroatoms. The van der Waals surface area contributed by atoms with Gasteiger partial charge in [-0.25, -0.2) is 0 Å². The topological polar surface area (TPSA) is 38.4 Å². The van der Waals surface area contributed by atoms with E-state index in [1.165, 1.54) is 20.9 Å². The van der Waals surface area contributed by atoms with Crippen LogP contribution in [0, 0.1) is 12.8 Å². The molecule has 2 unspecified atom stereocenters. The Labute approximate surface area is 154 Å². The lowest BCUT2D eigenvalue weighted by Crippen LogP contribution is -2.37. The number of aliphatic imine (C=N–C) groups is 1. The fourth-order valence-electron chi connectivity index (χ4n) is 3.63. The van der Waals surface area contributed by atoms with Crippen molar-refractivity contribution in [2.24, 2.45) is 16.6 Å². The van der Waals surface area contributed by atoms with E-state index < -0.39 is 0 Å². The summed E-state index contributed by atoms with van der Waals surface area (Å²) in [6.07, 6.45) is 9.06. The predicted molar refractivity (Wildman–Crippen MR) is 111 cm³/mol. The van der Waals surface area contributed by atoms with E-state index >= 15 is 0 Å². The van der Waals surface area contributed by atoms with Crippen molar-refractivity contribution in [2.45, 2.75) is 45.6 Å². The molecule has 2 N–H and O–H groups in total. The molecule has 0 saturated carbocycles. The number of nitrogens with zero attached hydrogens (tertiary/aromatic N) is 1. The Bertz CT molecular complexity index is 669. The van der Waals surface area contributed by atoms with Crippen LogP contribution in [0.3, 0.4) is 0 Å². The molecule has 0 radical (unpaired) electrons. The molecule has 0 bridgehead atoms. The van der Waals surface area contributed by atoms with Crippen molar-refractivity contribution in [3.63, 3.8) is 0 Å². The van der Waals surface area contributed by atoms with Gasteiger partial charge < -0.3 is 5.73 Å². The first-order valence-corrected chi connectivity index (χ1v) is 10.4. The summed E-state index contributed by atoms with van der Waals surface area (Å²) in [5, 5.41) is 0.731. The van der Waals surface area contributed by atoms with Crippen molar-refractivity contribution in [3.05, 3.63) is 58.3 Å². The third-order valence-electron chi connectivity index (χ3n) is 4.56. The van der Waals surface area contributed by atoms with Gasteiger partial charge in [-0.05, 0) is 49.3 Å². The maximum atomic E-state index is 6.08. The van der Waals surface area contributed by atoms with E-state index in [1.54, 1.807) is 11.8 Å². The third kappa shape index (κ3) is 3.70. The zero-order chi connectivity index (χ0) is 17.7. The molecule has 1 spiro atoms. The highest BCUT2D eigenvalue weighted by Crippen LogP contribution is 2.50. The largest absolute Gasteiger partial charge is 0.379 e. The number of hydrogen-bond acceptors (Lipinski definition) is 4. The molecular formula is C20H28N2S2. The van der Waals surface area contributed by atoms with Gasteiger partial charge in [-0.15, -0.1) is 11.3 Å². The van der Waals surface area contributed by atoms with Crippen molar-refractivity contribution in [1.29, 1.82) is 0 Å². The first-order valence-electron chi connectivity index (χ1n) is 8.61. The van der Waals surface area contributed by atoms with Crippen LogP contribution in [0.5, 0.6) is 0 Å². The number of rotatable bonds is 3. The summed E-state index contributed by atoms with van der Waals surface area (Å²) in [5.41, 5.74) is 8.62. The monoisotopic (exact) mass is 360 g/mol. The molecule has 1 aromatic rings. The predicted octanol–water partition coefficient (Wildman–Crippen LogP) is 5.59. The van der Waals surface area contributed by atoms with Crippen LogP contribution in [0.25, 0.3) is 0 Å². The van der Waals surface area contributed by atoms with Crippen molar-refractivity contribution in [2.75, 3.05) is 5.75 Å². The number of thiophene rings is 1. The van der Waals surface area contributed by atoms with E-state index in [1.807, 2.05) is 37.3 Å². The lowest BCUT2D eigenvalue weighted by molar-refractivity contribution is 0.318. The van der Waals surface area contributed by atoms with Crippen molar-refractivity contribution >= 4 is 28.3 Å². The summed E-state index contributed by atoms with van der Waals surface area (Å²) in [7, 11) is 0. The number of hydrogen-bond donors (Lipinski definition) is 1. The molecule has 0 fully saturated rings. The standard InChI is InChI=1S/C18H22N2S2.C2H6/c1-4-6-13(5-2)14-10-16-15(9-12(3)22-16)18(11-14)7-8-21-17(19)20-18;1-2/h4-6,9,14H,1-2,7-8,10-11H2,3H3,(H2,19,20);1-2H3/b13-6+;. The Kier molecular flexibility index (Phi) is 6.53. The maximum absolute atomic E-state index is 6.08. The number of fused-ring (bicyclic) bond motifs is 2. The minimum Gasteiger partial charge on any atom is -0.379 e.